The number of nitrogens with zero attached hydrogens (tertiary/aromatic N) is 1. The smallest absolute Gasteiger partial charge is 0.00609 e. The van der Waals surface area contributed by atoms with Crippen molar-refractivity contribution in [1.29, 1.82) is 0 Å². The Morgan fingerprint density at radius 1 is 1.50 bits per heavy atom. The molecule has 0 aromatic carbocycles. The maximum atomic E-state index is 3.69. The first-order valence-corrected chi connectivity index (χ1v) is 3.95. The molecule has 0 spiro atoms. The summed E-state index contributed by atoms with van der Waals surface area (Å²) in [5.74, 6) is 0. The molecule has 1 atom stereocenters. The first-order valence-electron chi connectivity index (χ1n) is 3.95. The van der Waals surface area contributed by atoms with Crippen molar-refractivity contribution in [3.8, 4) is 0 Å². The maximum Gasteiger partial charge on any atom is 0.00609 e. The predicted molar refractivity (Wildman–Crippen MR) is 47.2 cm³/mol. The number of hydrogen-bond donors (Lipinski definition) is 0. The van der Waals surface area contributed by atoms with Crippen molar-refractivity contribution < 1.29 is 0 Å². The Morgan fingerprint density at radius 3 is 2.50 bits per heavy atom. The average molecular weight is 141 g/mol. The standard InChI is InChI=1S/C9H19N/c1-5-6-7-8-9(2)10(3)4/h5,9H,1,6-8H2,2-4H3. The molecule has 0 aliphatic rings. The summed E-state index contributed by atoms with van der Waals surface area (Å²) >= 11 is 0. The molecule has 0 aliphatic carbocycles. The molecule has 10 heavy (non-hydrogen) atoms. The molecule has 60 valence electrons. The molecular weight excluding hydrogens is 122 g/mol. The van der Waals surface area contributed by atoms with E-state index in [1.165, 1.54) is 12.8 Å². The highest BCUT2D eigenvalue weighted by molar-refractivity contribution is 4.68. The van der Waals surface area contributed by atoms with Crippen LogP contribution in [0.15, 0.2) is 12.7 Å². The van der Waals surface area contributed by atoms with E-state index in [0.717, 1.165) is 6.42 Å². The van der Waals surface area contributed by atoms with Crippen molar-refractivity contribution in [2.45, 2.75) is 32.2 Å². The Bertz CT molecular complexity index is 86.7. The summed E-state index contributed by atoms with van der Waals surface area (Å²) in [5.41, 5.74) is 0. The van der Waals surface area contributed by atoms with Crippen LogP contribution in [0.2, 0.25) is 0 Å². The lowest BCUT2D eigenvalue weighted by Gasteiger charge is -2.18. The minimum Gasteiger partial charge on any atom is -0.307 e. The van der Waals surface area contributed by atoms with Gasteiger partial charge in [0, 0.05) is 6.04 Å². The molecule has 0 rings (SSSR count). The molecule has 0 radical (unpaired) electrons. The van der Waals surface area contributed by atoms with Gasteiger partial charge in [-0.15, -0.1) is 6.58 Å². The molecule has 0 fully saturated rings. The van der Waals surface area contributed by atoms with Crippen LogP contribution in [0, 0.1) is 0 Å². The van der Waals surface area contributed by atoms with Gasteiger partial charge in [-0.1, -0.05) is 6.08 Å². The van der Waals surface area contributed by atoms with Gasteiger partial charge in [0.2, 0.25) is 0 Å². The van der Waals surface area contributed by atoms with Crippen LogP contribution in [0.3, 0.4) is 0 Å². The third kappa shape index (κ3) is 4.57. The van der Waals surface area contributed by atoms with E-state index in [9.17, 15) is 0 Å². The van der Waals surface area contributed by atoms with Crippen LogP contribution in [-0.2, 0) is 0 Å². The Hall–Kier alpha value is -0.300. The largest absolute Gasteiger partial charge is 0.307 e. The lowest BCUT2D eigenvalue weighted by Crippen LogP contribution is -2.24. The van der Waals surface area contributed by atoms with Crippen molar-refractivity contribution in [2.75, 3.05) is 14.1 Å². The minimum atomic E-state index is 0.708. The first kappa shape index (κ1) is 9.70. The number of rotatable bonds is 5. The van der Waals surface area contributed by atoms with Crippen LogP contribution in [0.25, 0.3) is 0 Å². The van der Waals surface area contributed by atoms with Crippen LogP contribution in [0.4, 0.5) is 0 Å². The fraction of sp³-hybridized carbons (Fsp3) is 0.778. The summed E-state index contributed by atoms with van der Waals surface area (Å²) in [6.07, 6.45) is 5.68. The second-order valence-electron chi connectivity index (χ2n) is 3.03. The zero-order valence-corrected chi connectivity index (χ0v) is 7.43. The SMILES string of the molecule is C=CCCCC(C)N(C)C. The molecule has 0 saturated carbocycles. The van der Waals surface area contributed by atoms with Crippen LogP contribution in [-0.4, -0.2) is 25.0 Å². The maximum absolute atomic E-state index is 3.69. The van der Waals surface area contributed by atoms with E-state index < -0.39 is 0 Å². The molecule has 0 aliphatic heterocycles. The fourth-order valence-corrected chi connectivity index (χ4v) is 0.816. The molecule has 0 aromatic rings. The topological polar surface area (TPSA) is 3.24 Å². The van der Waals surface area contributed by atoms with Crippen molar-refractivity contribution >= 4 is 0 Å². The normalized spacial score (nSPS) is 13.6. The van der Waals surface area contributed by atoms with Crippen LogP contribution >= 0.6 is 0 Å². The number of allylic oxidation sites excluding steroid dienone is 1. The van der Waals surface area contributed by atoms with Crippen molar-refractivity contribution in [3.05, 3.63) is 12.7 Å². The lowest BCUT2D eigenvalue weighted by molar-refractivity contribution is 0.294. The van der Waals surface area contributed by atoms with Gasteiger partial charge in [0.05, 0.1) is 0 Å². The summed E-state index contributed by atoms with van der Waals surface area (Å²) in [4.78, 5) is 2.25. The minimum absolute atomic E-state index is 0.708. The third-order valence-corrected chi connectivity index (χ3v) is 1.91. The quantitative estimate of drug-likeness (QED) is 0.419. The summed E-state index contributed by atoms with van der Waals surface area (Å²) in [5, 5.41) is 0. The molecule has 0 aromatic heterocycles. The van der Waals surface area contributed by atoms with Gasteiger partial charge in [0.15, 0.2) is 0 Å². The second kappa shape index (κ2) is 5.48. The van der Waals surface area contributed by atoms with Gasteiger partial charge < -0.3 is 4.90 Å². The predicted octanol–water partition coefficient (Wildman–Crippen LogP) is 2.29. The van der Waals surface area contributed by atoms with E-state index in [-0.39, 0.29) is 0 Å². The fourth-order valence-electron chi connectivity index (χ4n) is 0.816. The molecule has 0 amide bonds. The van der Waals surface area contributed by atoms with Crippen molar-refractivity contribution in [2.24, 2.45) is 0 Å². The molecule has 0 heterocycles. The van der Waals surface area contributed by atoms with Gasteiger partial charge in [-0.05, 0) is 40.3 Å². The molecule has 1 heteroatoms. The Morgan fingerprint density at radius 2 is 2.10 bits per heavy atom. The zero-order chi connectivity index (χ0) is 7.98. The summed E-state index contributed by atoms with van der Waals surface area (Å²) in [6.45, 7) is 5.94. The summed E-state index contributed by atoms with van der Waals surface area (Å²) in [6, 6.07) is 0.708. The molecule has 0 N–H and O–H groups in total. The average Bonchev–Trinajstić information content (AvgIpc) is 1.88. The van der Waals surface area contributed by atoms with Crippen molar-refractivity contribution in [1.82, 2.24) is 4.90 Å². The van der Waals surface area contributed by atoms with Crippen LogP contribution in [0.5, 0.6) is 0 Å². The summed E-state index contributed by atoms with van der Waals surface area (Å²) in [7, 11) is 4.25. The lowest BCUT2D eigenvalue weighted by atomic mass is 10.1. The van der Waals surface area contributed by atoms with E-state index >= 15 is 0 Å². The zero-order valence-electron chi connectivity index (χ0n) is 7.43. The number of hydrogen-bond acceptors (Lipinski definition) is 1. The van der Waals surface area contributed by atoms with Gasteiger partial charge in [-0.25, -0.2) is 0 Å². The Kier molecular flexibility index (Phi) is 5.32. The highest BCUT2D eigenvalue weighted by Gasteiger charge is 2.01. The molecule has 1 unspecified atom stereocenters. The molecule has 1 nitrogen and oxygen atoms in total. The van der Waals surface area contributed by atoms with Crippen LogP contribution < -0.4 is 0 Å². The number of unbranched alkanes of at least 4 members (excludes halogenated alkanes) is 1. The molecular formula is C9H19N. The van der Waals surface area contributed by atoms with Crippen molar-refractivity contribution in [3.63, 3.8) is 0 Å². The molecule has 0 bridgehead atoms. The first-order chi connectivity index (χ1) is 4.68. The van der Waals surface area contributed by atoms with E-state index in [1.807, 2.05) is 6.08 Å². The van der Waals surface area contributed by atoms with Gasteiger partial charge in [0.1, 0.15) is 0 Å². The highest BCUT2D eigenvalue weighted by Crippen LogP contribution is 2.04. The van der Waals surface area contributed by atoms with Gasteiger partial charge in [-0.3, -0.25) is 0 Å². The van der Waals surface area contributed by atoms with Gasteiger partial charge in [-0.2, -0.15) is 0 Å². The van der Waals surface area contributed by atoms with Gasteiger partial charge in [0.25, 0.3) is 0 Å². The van der Waals surface area contributed by atoms with E-state index in [2.05, 4.69) is 32.5 Å². The monoisotopic (exact) mass is 141 g/mol. The van der Waals surface area contributed by atoms with E-state index in [1.54, 1.807) is 0 Å². The summed E-state index contributed by atoms with van der Waals surface area (Å²) < 4.78 is 0. The third-order valence-electron chi connectivity index (χ3n) is 1.91. The molecule has 0 saturated heterocycles. The second-order valence-corrected chi connectivity index (χ2v) is 3.03. The Labute approximate surface area is 64.7 Å². The van der Waals surface area contributed by atoms with E-state index in [0.29, 0.717) is 6.04 Å². The Balaban J connectivity index is 3.21. The highest BCUT2D eigenvalue weighted by atomic mass is 15.1. The van der Waals surface area contributed by atoms with Gasteiger partial charge >= 0.3 is 0 Å². The van der Waals surface area contributed by atoms with Crippen LogP contribution in [0.1, 0.15) is 26.2 Å². The van der Waals surface area contributed by atoms with E-state index in [4.69, 9.17) is 0 Å².